The van der Waals surface area contributed by atoms with Gasteiger partial charge >= 0.3 is 0 Å². The van der Waals surface area contributed by atoms with Crippen LogP contribution in [0.15, 0.2) is 47.2 Å². The zero-order chi connectivity index (χ0) is 13.7. The molecule has 1 heterocycles. The molecule has 2 aromatic rings. The van der Waals surface area contributed by atoms with E-state index in [1.165, 1.54) is 0 Å². The van der Waals surface area contributed by atoms with Crippen LogP contribution in [0.2, 0.25) is 0 Å². The van der Waals surface area contributed by atoms with Gasteiger partial charge in [-0.3, -0.25) is 4.98 Å². The Bertz CT molecular complexity index is 543. The van der Waals surface area contributed by atoms with Gasteiger partial charge in [0, 0.05) is 30.5 Å². The third-order valence-corrected chi connectivity index (χ3v) is 3.27. The van der Waals surface area contributed by atoms with E-state index in [0.29, 0.717) is 6.04 Å². The molecule has 1 aromatic heterocycles. The van der Waals surface area contributed by atoms with Gasteiger partial charge in [0.25, 0.3) is 0 Å². The lowest BCUT2D eigenvalue weighted by Crippen LogP contribution is -2.22. The summed E-state index contributed by atoms with van der Waals surface area (Å²) >= 11 is 3.48. The van der Waals surface area contributed by atoms with Crippen LogP contribution in [-0.2, 0) is 6.54 Å². The summed E-state index contributed by atoms with van der Waals surface area (Å²) in [6.45, 7) is 4.97. The summed E-state index contributed by atoms with van der Waals surface area (Å²) in [6, 6.07) is 10.1. The van der Waals surface area contributed by atoms with Crippen LogP contribution < -0.4 is 10.1 Å². The number of pyridine rings is 1. The molecule has 1 N–H and O–H groups in total. The normalized spacial score (nSPS) is 10.7. The first kappa shape index (κ1) is 14.0. The molecule has 0 aliphatic rings. The summed E-state index contributed by atoms with van der Waals surface area (Å²) in [5, 5.41) is 3.37. The zero-order valence-corrected chi connectivity index (χ0v) is 12.6. The lowest BCUT2D eigenvalue weighted by atomic mass is 10.2. The number of rotatable bonds is 5. The lowest BCUT2D eigenvalue weighted by molar-refractivity contribution is 0.465. The third-order valence-electron chi connectivity index (χ3n) is 2.62. The Kier molecular flexibility index (Phi) is 4.93. The van der Waals surface area contributed by atoms with Crippen molar-refractivity contribution < 1.29 is 4.74 Å². The number of ether oxygens (including phenoxy) is 1. The van der Waals surface area contributed by atoms with Crippen molar-refractivity contribution in [2.45, 2.75) is 26.4 Å². The minimum atomic E-state index is 0.427. The van der Waals surface area contributed by atoms with Gasteiger partial charge in [0.15, 0.2) is 0 Å². The smallest absolute Gasteiger partial charge is 0.141 e. The van der Waals surface area contributed by atoms with Crippen LogP contribution in [0.4, 0.5) is 0 Å². The van der Waals surface area contributed by atoms with Crippen molar-refractivity contribution in [2.24, 2.45) is 0 Å². The molecule has 0 fully saturated rings. The summed E-state index contributed by atoms with van der Waals surface area (Å²) < 4.78 is 6.89. The van der Waals surface area contributed by atoms with Gasteiger partial charge < -0.3 is 10.1 Å². The van der Waals surface area contributed by atoms with E-state index >= 15 is 0 Å². The van der Waals surface area contributed by atoms with Crippen LogP contribution in [0.5, 0.6) is 11.5 Å². The van der Waals surface area contributed by atoms with Crippen molar-refractivity contribution in [3.05, 3.63) is 52.8 Å². The third kappa shape index (κ3) is 4.04. The van der Waals surface area contributed by atoms with E-state index in [0.717, 1.165) is 28.1 Å². The molecule has 0 spiro atoms. The van der Waals surface area contributed by atoms with E-state index in [4.69, 9.17) is 4.74 Å². The Morgan fingerprint density at radius 2 is 2.00 bits per heavy atom. The summed E-state index contributed by atoms with van der Waals surface area (Å²) in [6.07, 6.45) is 3.58. The van der Waals surface area contributed by atoms with Crippen molar-refractivity contribution in [2.75, 3.05) is 0 Å². The van der Waals surface area contributed by atoms with Crippen molar-refractivity contribution in [1.82, 2.24) is 10.3 Å². The Hall–Kier alpha value is -1.39. The predicted octanol–water partition coefficient (Wildman–Crippen LogP) is 4.13. The fourth-order valence-electron chi connectivity index (χ4n) is 1.61. The largest absolute Gasteiger partial charge is 0.456 e. The lowest BCUT2D eigenvalue weighted by Gasteiger charge is -2.13. The molecule has 19 heavy (non-hydrogen) atoms. The SMILES string of the molecule is CC(C)NCc1cnccc1Oc1ccccc1Br. The van der Waals surface area contributed by atoms with E-state index in [2.05, 4.69) is 40.1 Å². The first-order valence-electron chi connectivity index (χ1n) is 6.25. The highest BCUT2D eigenvalue weighted by atomic mass is 79.9. The molecule has 4 heteroatoms. The molecule has 0 saturated carbocycles. The van der Waals surface area contributed by atoms with Crippen molar-refractivity contribution in [3.8, 4) is 11.5 Å². The predicted molar refractivity (Wildman–Crippen MR) is 80.4 cm³/mol. The molecule has 100 valence electrons. The summed E-state index contributed by atoms with van der Waals surface area (Å²) in [4.78, 5) is 4.16. The fraction of sp³-hybridized carbons (Fsp3) is 0.267. The molecule has 0 amide bonds. The van der Waals surface area contributed by atoms with Crippen LogP contribution in [0, 0.1) is 0 Å². The molecule has 0 unspecified atom stereocenters. The molecule has 0 aliphatic carbocycles. The minimum Gasteiger partial charge on any atom is -0.456 e. The van der Waals surface area contributed by atoms with Crippen molar-refractivity contribution in [1.29, 1.82) is 0 Å². The maximum atomic E-state index is 5.95. The first-order chi connectivity index (χ1) is 9.16. The second kappa shape index (κ2) is 6.68. The molecule has 1 aromatic carbocycles. The Balaban J connectivity index is 2.18. The van der Waals surface area contributed by atoms with Gasteiger partial charge in [0.2, 0.25) is 0 Å². The number of benzene rings is 1. The molecule has 0 aliphatic heterocycles. The van der Waals surface area contributed by atoms with Gasteiger partial charge in [-0.1, -0.05) is 26.0 Å². The van der Waals surface area contributed by atoms with Crippen LogP contribution in [0.25, 0.3) is 0 Å². The van der Waals surface area contributed by atoms with E-state index in [-0.39, 0.29) is 0 Å². The number of nitrogens with one attached hydrogen (secondary N) is 1. The highest BCUT2D eigenvalue weighted by molar-refractivity contribution is 9.10. The van der Waals surface area contributed by atoms with Gasteiger partial charge in [-0.2, -0.15) is 0 Å². The zero-order valence-electron chi connectivity index (χ0n) is 11.1. The molecule has 0 radical (unpaired) electrons. The van der Waals surface area contributed by atoms with Crippen LogP contribution in [0.3, 0.4) is 0 Å². The maximum Gasteiger partial charge on any atom is 0.141 e. The minimum absolute atomic E-state index is 0.427. The van der Waals surface area contributed by atoms with E-state index in [1.54, 1.807) is 6.20 Å². The van der Waals surface area contributed by atoms with Gasteiger partial charge in [-0.05, 0) is 34.1 Å². The average molecular weight is 321 g/mol. The van der Waals surface area contributed by atoms with E-state index in [9.17, 15) is 0 Å². The Labute approximate surface area is 122 Å². The number of para-hydroxylation sites is 1. The highest BCUT2D eigenvalue weighted by Gasteiger charge is 2.07. The maximum absolute atomic E-state index is 5.95. The van der Waals surface area contributed by atoms with Gasteiger partial charge in [-0.25, -0.2) is 0 Å². The number of halogens is 1. The summed E-state index contributed by atoms with van der Waals surface area (Å²) in [5.41, 5.74) is 1.05. The van der Waals surface area contributed by atoms with Gasteiger partial charge in [0.05, 0.1) is 4.47 Å². The second-order valence-electron chi connectivity index (χ2n) is 4.55. The summed E-state index contributed by atoms with van der Waals surface area (Å²) in [7, 11) is 0. The molecular weight excluding hydrogens is 304 g/mol. The Morgan fingerprint density at radius 3 is 2.74 bits per heavy atom. The van der Waals surface area contributed by atoms with Gasteiger partial charge in [-0.15, -0.1) is 0 Å². The topological polar surface area (TPSA) is 34.2 Å². The quantitative estimate of drug-likeness (QED) is 0.899. The summed E-state index contributed by atoms with van der Waals surface area (Å²) in [5.74, 6) is 1.63. The first-order valence-corrected chi connectivity index (χ1v) is 7.05. The second-order valence-corrected chi connectivity index (χ2v) is 5.41. The number of hydrogen-bond acceptors (Lipinski definition) is 3. The molecule has 2 rings (SSSR count). The van der Waals surface area contributed by atoms with Crippen LogP contribution >= 0.6 is 15.9 Å². The van der Waals surface area contributed by atoms with E-state index < -0.39 is 0 Å². The standard InChI is InChI=1S/C15H17BrN2O/c1-11(2)18-10-12-9-17-8-7-14(12)19-15-6-4-3-5-13(15)16/h3-9,11,18H,10H2,1-2H3. The molecule has 3 nitrogen and oxygen atoms in total. The molecule has 0 saturated heterocycles. The van der Waals surface area contributed by atoms with E-state index in [1.807, 2.05) is 36.5 Å². The van der Waals surface area contributed by atoms with Crippen molar-refractivity contribution in [3.63, 3.8) is 0 Å². The number of hydrogen-bond donors (Lipinski definition) is 1. The van der Waals surface area contributed by atoms with Gasteiger partial charge in [0.1, 0.15) is 11.5 Å². The highest BCUT2D eigenvalue weighted by Crippen LogP contribution is 2.30. The van der Waals surface area contributed by atoms with Crippen molar-refractivity contribution >= 4 is 15.9 Å². The fourth-order valence-corrected chi connectivity index (χ4v) is 1.97. The number of aromatic nitrogens is 1. The average Bonchev–Trinajstić information content (AvgIpc) is 2.40. The molecule has 0 bridgehead atoms. The Morgan fingerprint density at radius 1 is 1.21 bits per heavy atom. The molecule has 0 atom stereocenters. The molecular formula is C15H17BrN2O. The van der Waals surface area contributed by atoms with Crippen LogP contribution in [0.1, 0.15) is 19.4 Å². The number of nitrogens with zero attached hydrogens (tertiary/aromatic N) is 1. The monoisotopic (exact) mass is 320 g/mol. The van der Waals surface area contributed by atoms with Crippen LogP contribution in [-0.4, -0.2) is 11.0 Å².